The zero-order valence-electron chi connectivity index (χ0n) is 26.0. The first kappa shape index (κ1) is 35.4. The highest BCUT2D eigenvalue weighted by atomic mass is 32.2. The molecular formula is C28H37N5O10S2. The quantitative estimate of drug-likeness (QED) is 0.108. The van der Waals surface area contributed by atoms with E-state index in [1.807, 2.05) is 6.92 Å². The first-order valence-electron chi connectivity index (χ1n) is 13.8. The van der Waals surface area contributed by atoms with E-state index >= 15 is 0 Å². The van der Waals surface area contributed by atoms with Crippen molar-refractivity contribution < 1.29 is 47.7 Å². The number of anilines is 1. The molecule has 2 aliphatic heterocycles. The van der Waals surface area contributed by atoms with Crippen LogP contribution in [0.4, 0.5) is 14.7 Å². The Morgan fingerprint density at radius 1 is 1.11 bits per heavy atom. The molecule has 45 heavy (non-hydrogen) atoms. The second-order valence-corrected chi connectivity index (χ2v) is 13.8. The topological polar surface area (TPSA) is 206 Å². The Balaban J connectivity index is 1.74. The monoisotopic (exact) mass is 667 g/mol. The summed E-state index contributed by atoms with van der Waals surface area (Å²) in [6, 6.07) is -1.01. The molecule has 0 unspecified atom stereocenters. The van der Waals surface area contributed by atoms with Crippen LogP contribution >= 0.6 is 23.1 Å². The minimum absolute atomic E-state index is 0.143. The number of allylic oxidation sites excluding steroid dienone is 1. The third-order valence-corrected chi connectivity index (χ3v) is 8.05. The first-order chi connectivity index (χ1) is 20.9. The summed E-state index contributed by atoms with van der Waals surface area (Å²) >= 11 is 2.32. The number of primary amides is 1. The fourth-order valence-electron chi connectivity index (χ4n) is 3.94. The first-order valence-corrected chi connectivity index (χ1v) is 15.8. The molecule has 0 aromatic carbocycles. The number of amides is 4. The van der Waals surface area contributed by atoms with Gasteiger partial charge in [-0.2, -0.15) is 0 Å². The van der Waals surface area contributed by atoms with E-state index < -0.39 is 65.2 Å². The van der Waals surface area contributed by atoms with Gasteiger partial charge in [-0.05, 0) is 48.0 Å². The molecule has 1 aromatic rings. The highest BCUT2D eigenvalue weighted by molar-refractivity contribution is 8.00. The van der Waals surface area contributed by atoms with Gasteiger partial charge in [0.2, 0.25) is 6.79 Å². The van der Waals surface area contributed by atoms with Crippen LogP contribution in [0.2, 0.25) is 0 Å². The molecule has 3 rings (SSSR count). The predicted molar refractivity (Wildman–Crippen MR) is 164 cm³/mol. The van der Waals surface area contributed by atoms with E-state index in [0.29, 0.717) is 6.42 Å². The van der Waals surface area contributed by atoms with Gasteiger partial charge in [-0.3, -0.25) is 24.6 Å². The van der Waals surface area contributed by atoms with Crippen LogP contribution in [-0.4, -0.2) is 82.0 Å². The highest BCUT2D eigenvalue weighted by Crippen LogP contribution is 2.41. The van der Waals surface area contributed by atoms with Crippen LogP contribution < -0.4 is 16.4 Å². The van der Waals surface area contributed by atoms with Gasteiger partial charge < -0.3 is 30.0 Å². The van der Waals surface area contributed by atoms with Crippen molar-refractivity contribution in [3.05, 3.63) is 28.4 Å². The van der Waals surface area contributed by atoms with Crippen molar-refractivity contribution in [2.24, 2.45) is 11.1 Å². The maximum Gasteiger partial charge on any atom is 0.413 e. The molecule has 2 atom stereocenters. The maximum absolute atomic E-state index is 13.4. The van der Waals surface area contributed by atoms with Crippen molar-refractivity contribution in [3.63, 3.8) is 0 Å². The van der Waals surface area contributed by atoms with Crippen LogP contribution in [-0.2, 0) is 38.1 Å². The van der Waals surface area contributed by atoms with Crippen molar-refractivity contribution >= 4 is 69.7 Å². The average Bonchev–Trinajstić information content (AvgIpc) is 3.38. The van der Waals surface area contributed by atoms with Crippen LogP contribution in [0.15, 0.2) is 22.7 Å². The number of esters is 2. The van der Waals surface area contributed by atoms with Crippen molar-refractivity contribution in [1.29, 1.82) is 0 Å². The van der Waals surface area contributed by atoms with Crippen molar-refractivity contribution in [2.45, 2.75) is 71.9 Å². The molecule has 0 aliphatic carbocycles. The Morgan fingerprint density at radius 2 is 1.80 bits per heavy atom. The number of aromatic nitrogens is 1. The van der Waals surface area contributed by atoms with Crippen LogP contribution in [0.1, 0.15) is 60.6 Å². The second-order valence-electron chi connectivity index (χ2n) is 11.8. The number of rotatable bonds is 10. The van der Waals surface area contributed by atoms with Crippen LogP contribution in [0.25, 0.3) is 5.57 Å². The van der Waals surface area contributed by atoms with E-state index in [-0.39, 0.29) is 40.0 Å². The zero-order valence-corrected chi connectivity index (χ0v) is 27.6. The molecule has 1 fully saturated rings. The van der Waals surface area contributed by atoms with Gasteiger partial charge in [0.1, 0.15) is 29.3 Å². The van der Waals surface area contributed by atoms with Crippen LogP contribution in [0.3, 0.4) is 0 Å². The summed E-state index contributed by atoms with van der Waals surface area (Å²) in [6.45, 7) is 10.8. The standard InChI is InChI=1S/C28H37N5O10S2/c1-8-9-15(16-12-45-25(30-16)32-26(39)43-28(5,6)7)19(34)31-17-20(35)33-18(14(10-40-24(29)38)11-44-21(17)33)22(36)41-13-42-23(37)27(2,3)4/h9,12,17,21H,8,10-11,13H2,1-7H3,(H2,29,38)(H,31,34)(H,30,32,39)/t17-,21+/m1/s1. The lowest BCUT2D eigenvalue weighted by Crippen LogP contribution is -2.70. The normalized spacial score (nSPS) is 18.3. The van der Waals surface area contributed by atoms with E-state index in [0.717, 1.165) is 16.2 Å². The van der Waals surface area contributed by atoms with Gasteiger partial charge in [0.25, 0.3) is 11.8 Å². The van der Waals surface area contributed by atoms with Crippen molar-refractivity contribution in [3.8, 4) is 0 Å². The number of nitrogens with one attached hydrogen (secondary N) is 2. The lowest BCUT2D eigenvalue weighted by Gasteiger charge is -2.49. The number of hydrogen-bond acceptors (Lipinski definition) is 13. The summed E-state index contributed by atoms with van der Waals surface area (Å²) < 4.78 is 20.2. The Morgan fingerprint density at radius 3 is 2.40 bits per heavy atom. The molecule has 1 saturated heterocycles. The molecular weight excluding hydrogens is 630 g/mol. The number of thiazole rings is 1. The van der Waals surface area contributed by atoms with Crippen molar-refractivity contribution in [1.82, 2.24) is 15.2 Å². The Bertz CT molecular complexity index is 1420. The minimum atomic E-state index is -1.08. The maximum atomic E-state index is 13.4. The molecule has 3 heterocycles. The van der Waals surface area contributed by atoms with Crippen LogP contribution in [0.5, 0.6) is 0 Å². The van der Waals surface area contributed by atoms with Gasteiger partial charge in [-0.1, -0.05) is 13.0 Å². The summed E-state index contributed by atoms with van der Waals surface area (Å²) in [5.74, 6) is -2.65. The number of nitrogens with two attached hydrogens (primary N) is 1. The van der Waals surface area contributed by atoms with Crippen LogP contribution in [0, 0.1) is 5.41 Å². The fraction of sp³-hybridized carbons (Fsp3) is 0.536. The van der Waals surface area contributed by atoms with Crippen molar-refractivity contribution in [2.75, 3.05) is 24.5 Å². The lowest BCUT2D eigenvalue weighted by molar-refractivity contribution is -0.173. The summed E-state index contributed by atoms with van der Waals surface area (Å²) in [5.41, 5.74) is 4.07. The Kier molecular flexibility index (Phi) is 11.3. The molecule has 0 radical (unpaired) electrons. The molecule has 0 saturated carbocycles. The SMILES string of the molecule is CCC=C(C(=O)N[C@@H]1C(=O)N2C(C(=O)OCOC(=O)C(C)(C)C)=C(COC(N)=O)CS[C@@H]12)c1csc(NC(=O)OC(C)(C)C)n1. The molecule has 0 bridgehead atoms. The second kappa shape index (κ2) is 14.3. The molecule has 2 aliphatic rings. The average molecular weight is 668 g/mol. The number of thioether (sulfide) groups is 1. The number of β-lactam (4-membered cyclic amide) rings is 1. The fourth-order valence-corrected chi connectivity index (χ4v) is 5.97. The molecule has 246 valence electrons. The number of hydrogen-bond donors (Lipinski definition) is 3. The Labute approximate surface area is 268 Å². The van der Waals surface area contributed by atoms with Gasteiger partial charge in [-0.15, -0.1) is 23.1 Å². The minimum Gasteiger partial charge on any atom is -0.445 e. The Hall–Kier alpha value is -4.12. The summed E-state index contributed by atoms with van der Waals surface area (Å²) in [5, 5.41) is 6.36. The number of fused-ring (bicyclic) bond motifs is 1. The predicted octanol–water partition coefficient (Wildman–Crippen LogP) is 3.12. The number of ether oxygens (including phenoxy) is 4. The highest BCUT2D eigenvalue weighted by Gasteiger charge is 2.54. The smallest absolute Gasteiger partial charge is 0.413 e. The van der Waals surface area contributed by atoms with Gasteiger partial charge >= 0.3 is 24.1 Å². The summed E-state index contributed by atoms with van der Waals surface area (Å²) in [4.78, 5) is 80.7. The molecule has 15 nitrogen and oxygen atoms in total. The molecule has 0 spiro atoms. The third-order valence-electron chi connectivity index (χ3n) is 5.95. The van der Waals surface area contributed by atoms with E-state index in [1.54, 1.807) is 53.0 Å². The van der Waals surface area contributed by atoms with Gasteiger partial charge in [0, 0.05) is 16.7 Å². The molecule has 1 aromatic heterocycles. The third kappa shape index (κ3) is 9.20. The summed E-state index contributed by atoms with van der Waals surface area (Å²) in [6.07, 6.45) is 0.332. The van der Waals surface area contributed by atoms with E-state index in [1.165, 1.54) is 11.8 Å². The van der Waals surface area contributed by atoms with Gasteiger partial charge in [0.15, 0.2) is 5.13 Å². The molecule has 4 N–H and O–H groups in total. The van der Waals surface area contributed by atoms with Gasteiger partial charge in [0.05, 0.1) is 16.7 Å². The number of nitrogens with zero attached hydrogens (tertiary/aromatic N) is 2. The number of carbonyl (C=O) groups is 6. The molecule has 17 heteroatoms. The number of carbonyl (C=O) groups excluding carboxylic acids is 6. The van der Waals surface area contributed by atoms with Gasteiger partial charge in [-0.25, -0.2) is 19.4 Å². The van der Waals surface area contributed by atoms with E-state index in [4.69, 9.17) is 24.7 Å². The van der Waals surface area contributed by atoms with E-state index in [2.05, 4.69) is 15.6 Å². The largest absolute Gasteiger partial charge is 0.445 e. The lowest BCUT2D eigenvalue weighted by atomic mass is 9.98. The zero-order chi connectivity index (χ0) is 33.7. The summed E-state index contributed by atoms with van der Waals surface area (Å²) in [7, 11) is 0. The molecule has 4 amide bonds. The van der Waals surface area contributed by atoms with E-state index in [9.17, 15) is 28.8 Å².